The Kier molecular flexibility index (Phi) is 6.65. The maximum absolute atomic E-state index is 12.0. The summed E-state index contributed by atoms with van der Waals surface area (Å²) < 4.78 is 5.76. The summed E-state index contributed by atoms with van der Waals surface area (Å²) in [5, 5.41) is 6.46. The number of rotatable bonds is 6. The second-order valence-corrected chi connectivity index (χ2v) is 7.69. The van der Waals surface area contributed by atoms with Gasteiger partial charge in [0.25, 0.3) is 5.91 Å². The van der Waals surface area contributed by atoms with Crippen LogP contribution in [0.3, 0.4) is 0 Å². The Labute approximate surface area is 162 Å². The Morgan fingerprint density at radius 3 is 2.56 bits per heavy atom. The molecule has 1 aromatic rings. The highest BCUT2D eigenvalue weighted by atomic mass is 16.5. The van der Waals surface area contributed by atoms with Gasteiger partial charge >= 0.3 is 0 Å². The van der Waals surface area contributed by atoms with Gasteiger partial charge in [-0.25, -0.2) is 9.97 Å². The van der Waals surface area contributed by atoms with E-state index in [2.05, 4.69) is 32.4 Å². The second-order valence-electron chi connectivity index (χ2n) is 7.69. The van der Waals surface area contributed by atoms with Crippen LogP contribution in [0, 0.1) is 13.8 Å². The summed E-state index contributed by atoms with van der Waals surface area (Å²) in [6.45, 7) is 8.75. The third-order valence-electron chi connectivity index (χ3n) is 5.83. The number of hydrogen-bond donors (Lipinski definition) is 2. The molecule has 1 aliphatic heterocycles. The van der Waals surface area contributed by atoms with Crippen LogP contribution < -0.4 is 15.5 Å². The molecule has 0 bridgehead atoms. The SMILES string of the molecule is CCOC1CCC(N[C@@H]2CCN(c3nc(C(=O)NC)nc(C)c3C)C2)CC1. The number of aryl methyl sites for hydroxylation is 1. The highest BCUT2D eigenvalue weighted by Gasteiger charge is 2.29. The van der Waals surface area contributed by atoms with Crippen molar-refractivity contribution in [3.8, 4) is 0 Å². The fraction of sp³-hybridized carbons (Fsp3) is 0.750. The van der Waals surface area contributed by atoms with E-state index in [1.165, 1.54) is 12.8 Å². The molecule has 27 heavy (non-hydrogen) atoms. The zero-order chi connectivity index (χ0) is 19.4. The summed E-state index contributed by atoms with van der Waals surface area (Å²) in [6, 6.07) is 1.05. The van der Waals surface area contributed by atoms with Crippen molar-refractivity contribution in [2.24, 2.45) is 0 Å². The van der Waals surface area contributed by atoms with E-state index in [0.29, 0.717) is 18.2 Å². The van der Waals surface area contributed by atoms with E-state index < -0.39 is 0 Å². The van der Waals surface area contributed by atoms with Crippen molar-refractivity contribution in [1.29, 1.82) is 0 Å². The first kappa shape index (κ1) is 20.0. The molecule has 0 unspecified atom stereocenters. The first-order valence-corrected chi connectivity index (χ1v) is 10.2. The molecule has 1 aromatic heterocycles. The van der Waals surface area contributed by atoms with Crippen LogP contribution in [0.5, 0.6) is 0 Å². The van der Waals surface area contributed by atoms with Gasteiger partial charge in [-0.2, -0.15) is 0 Å². The average molecular weight is 376 g/mol. The van der Waals surface area contributed by atoms with Crippen LogP contribution in [0.4, 0.5) is 5.82 Å². The van der Waals surface area contributed by atoms with Gasteiger partial charge in [-0.3, -0.25) is 4.79 Å². The number of hydrogen-bond acceptors (Lipinski definition) is 6. The molecule has 150 valence electrons. The van der Waals surface area contributed by atoms with Gasteiger partial charge in [0.15, 0.2) is 0 Å². The predicted octanol–water partition coefficient (Wildman–Crippen LogP) is 1.97. The molecular weight excluding hydrogens is 342 g/mol. The smallest absolute Gasteiger partial charge is 0.288 e. The van der Waals surface area contributed by atoms with Crippen LogP contribution in [0.25, 0.3) is 0 Å². The van der Waals surface area contributed by atoms with Crippen molar-refractivity contribution < 1.29 is 9.53 Å². The molecule has 2 heterocycles. The predicted molar refractivity (Wildman–Crippen MR) is 106 cm³/mol. The molecule has 1 saturated heterocycles. The molecule has 2 aliphatic rings. The minimum Gasteiger partial charge on any atom is -0.379 e. The summed E-state index contributed by atoms with van der Waals surface area (Å²) in [6.07, 6.45) is 6.23. The molecule has 2 N–H and O–H groups in total. The Morgan fingerprint density at radius 1 is 1.15 bits per heavy atom. The first-order chi connectivity index (χ1) is 13.0. The lowest BCUT2D eigenvalue weighted by Crippen LogP contribution is -2.43. The van der Waals surface area contributed by atoms with Gasteiger partial charge in [0.2, 0.25) is 5.82 Å². The van der Waals surface area contributed by atoms with Crippen molar-refractivity contribution in [2.45, 2.75) is 71.1 Å². The van der Waals surface area contributed by atoms with Crippen molar-refractivity contribution in [3.63, 3.8) is 0 Å². The second kappa shape index (κ2) is 8.97. The molecule has 0 aromatic carbocycles. The van der Waals surface area contributed by atoms with Crippen molar-refractivity contribution in [1.82, 2.24) is 20.6 Å². The highest BCUT2D eigenvalue weighted by molar-refractivity contribution is 5.90. The van der Waals surface area contributed by atoms with E-state index in [0.717, 1.165) is 56.0 Å². The van der Waals surface area contributed by atoms with Crippen molar-refractivity contribution in [3.05, 3.63) is 17.1 Å². The largest absolute Gasteiger partial charge is 0.379 e. The van der Waals surface area contributed by atoms with Crippen LogP contribution in [-0.4, -0.2) is 60.8 Å². The van der Waals surface area contributed by atoms with Crippen molar-refractivity contribution in [2.75, 3.05) is 31.6 Å². The zero-order valence-corrected chi connectivity index (χ0v) is 17.0. The third kappa shape index (κ3) is 4.76. The van der Waals surface area contributed by atoms with Crippen LogP contribution in [0.15, 0.2) is 0 Å². The molecule has 1 amide bonds. The average Bonchev–Trinajstić information content (AvgIpc) is 3.13. The molecular formula is C20H33N5O2. The van der Waals surface area contributed by atoms with Crippen LogP contribution >= 0.6 is 0 Å². The lowest BCUT2D eigenvalue weighted by atomic mass is 9.92. The molecule has 0 spiro atoms. The van der Waals surface area contributed by atoms with E-state index in [4.69, 9.17) is 4.74 Å². The summed E-state index contributed by atoms with van der Waals surface area (Å²) in [5.41, 5.74) is 1.92. The fourth-order valence-electron chi connectivity index (χ4n) is 4.19. The topological polar surface area (TPSA) is 79.4 Å². The first-order valence-electron chi connectivity index (χ1n) is 10.2. The Hall–Kier alpha value is -1.73. The van der Waals surface area contributed by atoms with Crippen LogP contribution in [0.2, 0.25) is 0 Å². The zero-order valence-electron chi connectivity index (χ0n) is 17.0. The van der Waals surface area contributed by atoms with E-state index in [1.54, 1.807) is 7.05 Å². The standard InChI is InChI=1S/C20H33N5O2/c1-5-27-17-8-6-15(7-9-17)23-16-10-11-25(12-16)19-13(2)14(3)22-18(24-19)20(26)21-4/h15-17,23H,5-12H2,1-4H3,(H,21,26)/t15?,16-,17?/m1/s1. The quantitative estimate of drug-likeness (QED) is 0.791. The van der Waals surface area contributed by atoms with E-state index >= 15 is 0 Å². The lowest BCUT2D eigenvalue weighted by molar-refractivity contribution is 0.0296. The highest BCUT2D eigenvalue weighted by Crippen LogP contribution is 2.26. The summed E-state index contributed by atoms with van der Waals surface area (Å²) in [5.74, 6) is 0.908. The van der Waals surface area contributed by atoms with Gasteiger partial charge < -0.3 is 20.3 Å². The third-order valence-corrected chi connectivity index (χ3v) is 5.83. The van der Waals surface area contributed by atoms with Gasteiger partial charge in [-0.1, -0.05) is 0 Å². The maximum atomic E-state index is 12.0. The number of nitrogens with zero attached hydrogens (tertiary/aromatic N) is 3. The molecule has 1 saturated carbocycles. The fourth-order valence-corrected chi connectivity index (χ4v) is 4.19. The minimum absolute atomic E-state index is 0.237. The number of ether oxygens (including phenoxy) is 1. The normalized spacial score (nSPS) is 25.6. The number of nitrogens with one attached hydrogen (secondary N) is 2. The Balaban J connectivity index is 1.60. The summed E-state index contributed by atoms with van der Waals surface area (Å²) in [7, 11) is 1.61. The molecule has 0 radical (unpaired) electrons. The summed E-state index contributed by atoms with van der Waals surface area (Å²) >= 11 is 0. The number of carbonyl (C=O) groups excluding carboxylic acids is 1. The van der Waals surface area contributed by atoms with E-state index in [9.17, 15) is 4.79 Å². The molecule has 1 aliphatic carbocycles. The van der Waals surface area contributed by atoms with Gasteiger partial charge in [0, 0.05) is 50.1 Å². The maximum Gasteiger partial charge on any atom is 0.288 e. The molecule has 7 heteroatoms. The van der Waals surface area contributed by atoms with Gasteiger partial charge in [-0.15, -0.1) is 0 Å². The monoisotopic (exact) mass is 375 g/mol. The Morgan fingerprint density at radius 2 is 1.89 bits per heavy atom. The Bertz CT molecular complexity index is 658. The summed E-state index contributed by atoms with van der Waals surface area (Å²) in [4.78, 5) is 23.1. The van der Waals surface area contributed by atoms with E-state index in [1.807, 2.05) is 13.8 Å². The van der Waals surface area contributed by atoms with Gasteiger partial charge in [0.05, 0.1) is 6.10 Å². The number of anilines is 1. The number of amides is 1. The van der Waals surface area contributed by atoms with Crippen LogP contribution in [-0.2, 0) is 4.74 Å². The van der Waals surface area contributed by atoms with Crippen molar-refractivity contribution >= 4 is 11.7 Å². The molecule has 2 fully saturated rings. The van der Waals surface area contributed by atoms with E-state index in [-0.39, 0.29) is 11.7 Å². The minimum atomic E-state index is -0.237. The molecule has 3 rings (SSSR count). The lowest BCUT2D eigenvalue weighted by Gasteiger charge is -2.31. The van der Waals surface area contributed by atoms with Crippen LogP contribution in [0.1, 0.15) is 60.9 Å². The number of carbonyl (C=O) groups is 1. The van der Waals surface area contributed by atoms with Gasteiger partial charge in [-0.05, 0) is 52.9 Å². The van der Waals surface area contributed by atoms with Gasteiger partial charge in [0.1, 0.15) is 5.82 Å². The number of aromatic nitrogens is 2. The molecule has 7 nitrogen and oxygen atoms in total. The molecule has 1 atom stereocenters.